The number of carbonyl (C=O) groups is 1. The maximum absolute atomic E-state index is 9.00. The molecule has 0 spiro atoms. The number of aliphatic carboxylic acids is 1. The Morgan fingerprint density at radius 2 is 1.56 bits per heavy atom. The van der Waals surface area contributed by atoms with E-state index in [2.05, 4.69) is 41.7 Å². The molecule has 0 fully saturated rings. The minimum absolute atomic E-state index is 0.833. The van der Waals surface area contributed by atoms with Crippen LogP contribution in [0.1, 0.15) is 6.92 Å². The molecule has 0 aromatic carbocycles. The van der Waals surface area contributed by atoms with Gasteiger partial charge in [-0.25, -0.2) is 0 Å². The van der Waals surface area contributed by atoms with Gasteiger partial charge in [0.25, 0.3) is 5.97 Å². The van der Waals surface area contributed by atoms with Crippen LogP contribution in [0, 0.1) is 0 Å². The lowest BCUT2D eigenvalue weighted by Gasteiger charge is -1.87. The van der Waals surface area contributed by atoms with E-state index in [1.165, 1.54) is 16.8 Å². The fourth-order valence-electron chi connectivity index (χ4n) is 1.36. The maximum Gasteiger partial charge on any atom is 0.300 e. The summed E-state index contributed by atoms with van der Waals surface area (Å²) < 4.78 is 0. The van der Waals surface area contributed by atoms with Crippen molar-refractivity contribution in [2.75, 3.05) is 12.4 Å². The number of fused-ring (bicyclic) bond motifs is 1. The van der Waals surface area contributed by atoms with Crippen molar-refractivity contribution in [3.8, 4) is 11.1 Å². The summed E-state index contributed by atoms with van der Waals surface area (Å²) in [4.78, 5) is 9.00. The fourth-order valence-corrected chi connectivity index (χ4v) is 1.36. The van der Waals surface area contributed by atoms with Crippen molar-refractivity contribution in [3.63, 3.8) is 0 Å². The summed E-state index contributed by atoms with van der Waals surface area (Å²) >= 11 is 0. The molecule has 0 saturated carbocycles. The Morgan fingerprint density at radius 3 is 1.94 bits per heavy atom. The van der Waals surface area contributed by atoms with Gasteiger partial charge in [-0.05, 0) is 23.3 Å². The van der Waals surface area contributed by atoms with E-state index in [1.807, 2.05) is 13.1 Å². The Bertz CT molecular complexity index is 405. The molecule has 2 aliphatic carbocycles. The molecule has 2 aliphatic rings. The lowest BCUT2D eigenvalue weighted by atomic mass is 10.2. The number of nitrogens with one attached hydrogen (secondary N) is 1. The van der Waals surface area contributed by atoms with Gasteiger partial charge in [0.2, 0.25) is 0 Å². The molecule has 84 valence electrons. The Hall–Kier alpha value is -2.03. The number of rotatable bonds is 1. The molecule has 0 bridgehead atoms. The van der Waals surface area contributed by atoms with Crippen molar-refractivity contribution in [1.29, 1.82) is 0 Å². The molecule has 0 heterocycles. The second-order valence-electron chi connectivity index (χ2n) is 3.33. The van der Waals surface area contributed by atoms with Crippen LogP contribution in [0.4, 0.5) is 5.69 Å². The first-order valence-electron chi connectivity index (χ1n) is 4.99. The van der Waals surface area contributed by atoms with E-state index in [4.69, 9.17) is 9.90 Å². The molecule has 2 rings (SSSR count). The number of hydrogen-bond donors (Lipinski definition) is 2. The average Bonchev–Trinajstić information content (AvgIpc) is 2.48. The lowest BCUT2D eigenvalue weighted by molar-refractivity contribution is -0.134. The van der Waals surface area contributed by atoms with E-state index in [0.29, 0.717) is 0 Å². The van der Waals surface area contributed by atoms with Crippen LogP contribution in [-0.2, 0) is 4.79 Å². The quantitative estimate of drug-likeness (QED) is 0.772. The van der Waals surface area contributed by atoms with Gasteiger partial charge in [-0.2, -0.15) is 0 Å². The third-order valence-corrected chi connectivity index (χ3v) is 2.02. The highest BCUT2D eigenvalue weighted by molar-refractivity contribution is 5.74. The predicted molar refractivity (Wildman–Crippen MR) is 65.9 cm³/mol. The molecule has 0 amide bonds. The minimum atomic E-state index is -0.833. The largest absolute Gasteiger partial charge is 0.481 e. The first-order chi connectivity index (χ1) is 7.63. The second-order valence-corrected chi connectivity index (χ2v) is 3.33. The molecule has 0 radical (unpaired) electrons. The number of carboxylic acid groups (broad SMARTS) is 1. The molecular weight excluding hydrogens is 202 g/mol. The summed E-state index contributed by atoms with van der Waals surface area (Å²) in [5.74, 6) is -0.833. The summed E-state index contributed by atoms with van der Waals surface area (Å²) in [6.07, 6.45) is 0. The third-order valence-electron chi connectivity index (χ3n) is 2.02. The van der Waals surface area contributed by atoms with Crippen LogP contribution in [0.3, 0.4) is 0 Å². The van der Waals surface area contributed by atoms with E-state index < -0.39 is 5.97 Å². The van der Waals surface area contributed by atoms with Crippen molar-refractivity contribution in [2.45, 2.75) is 6.92 Å². The van der Waals surface area contributed by atoms with E-state index in [0.717, 1.165) is 6.92 Å². The third kappa shape index (κ3) is 3.61. The molecule has 0 unspecified atom stereocenters. The van der Waals surface area contributed by atoms with E-state index in [9.17, 15) is 0 Å². The zero-order valence-electron chi connectivity index (χ0n) is 9.40. The van der Waals surface area contributed by atoms with Crippen molar-refractivity contribution in [3.05, 3.63) is 42.5 Å². The SMILES string of the molecule is CC(=O)O.CNc1cc2cccccc-2c1. The van der Waals surface area contributed by atoms with Crippen LogP contribution in [-0.4, -0.2) is 18.1 Å². The standard InChI is InChI=1S/C11H11N.C2H4O2/c1-12-11-7-9-5-3-2-4-6-10(9)8-11;1-2(3)4/h2-8,12H,1H3;1H3,(H,3,4). The van der Waals surface area contributed by atoms with Crippen LogP contribution in [0.5, 0.6) is 0 Å². The van der Waals surface area contributed by atoms with Crippen LogP contribution in [0.15, 0.2) is 42.5 Å². The van der Waals surface area contributed by atoms with Gasteiger partial charge in [0.05, 0.1) is 0 Å². The van der Waals surface area contributed by atoms with E-state index in [1.54, 1.807) is 0 Å². The molecule has 3 nitrogen and oxygen atoms in total. The number of carboxylic acids is 1. The Morgan fingerprint density at radius 1 is 1.12 bits per heavy atom. The molecule has 3 heteroatoms. The average molecular weight is 217 g/mol. The van der Waals surface area contributed by atoms with Crippen LogP contribution < -0.4 is 5.32 Å². The zero-order chi connectivity index (χ0) is 12.0. The van der Waals surface area contributed by atoms with Crippen molar-refractivity contribution < 1.29 is 9.90 Å². The summed E-state index contributed by atoms with van der Waals surface area (Å²) in [6.45, 7) is 1.08. The fraction of sp³-hybridized carbons (Fsp3) is 0.154. The second kappa shape index (κ2) is 5.75. The summed E-state index contributed by atoms with van der Waals surface area (Å²) in [5, 5.41) is 10.5. The summed E-state index contributed by atoms with van der Waals surface area (Å²) in [6, 6.07) is 14.7. The molecule has 0 aliphatic heterocycles. The van der Waals surface area contributed by atoms with Gasteiger partial charge in [0.1, 0.15) is 0 Å². The van der Waals surface area contributed by atoms with Gasteiger partial charge < -0.3 is 10.4 Å². The summed E-state index contributed by atoms with van der Waals surface area (Å²) in [5.41, 5.74) is 3.74. The highest BCUT2D eigenvalue weighted by Gasteiger charge is 2.01. The topological polar surface area (TPSA) is 49.3 Å². The van der Waals surface area contributed by atoms with E-state index in [-0.39, 0.29) is 0 Å². The maximum atomic E-state index is 9.00. The first kappa shape index (κ1) is 12.0. The van der Waals surface area contributed by atoms with Crippen molar-refractivity contribution in [2.24, 2.45) is 0 Å². The van der Waals surface area contributed by atoms with Crippen molar-refractivity contribution in [1.82, 2.24) is 0 Å². The van der Waals surface area contributed by atoms with Crippen LogP contribution in [0.25, 0.3) is 11.1 Å². The highest BCUT2D eigenvalue weighted by Crippen LogP contribution is 2.27. The van der Waals surface area contributed by atoms with Crippen LogP contribution >= 0.6 is 0 Å². The lowest BCUT2D eigenvalue weighted by Crippen LogP contribution is -1.81. The van der Waals surface area contributed by atoms with Gasteiger partial charge in [0, 0.05) is 19.7 Å². The number of anilines is 1. The Kier molecular flexibility index (Phi) is 4.33. The smallest absolute Gasteiger partial charge is 0.300 e. The molecular formula is C13H15NO2. The zero-order valence-corrected chi connectivity index (χ0v) is 9.40. The van der Waals surface area contributed by atoms with Gasteiger partial charge in [0.15, 0.2) is 0 Å². The Balaban J connectivity index is 0.000000280. The minimum Gasteiger partial charge on any atom is -0.481 e. The van der Waals surface area contributed by atoms with Gasteiger partial charge in [-0.15, -0.1) is 0 Å². The predicted octanol–water partition coefficient (Wildman–Crippen LogP) is 2.92. The first-order valence-corrected chi connectivity index (χ1v) is 4.99. The monoisotopic (exact) mass is 217 g/mol. The molecule has 16 heavy (non-hydrogen) atoms. The molecule has 2 N–H and O–H groups in total. The Labute approximate surface area is 95.1 Å². The molecule has 0 atom stereocenters. The highest BCUT2D eigenvalue weighted by atomic mass is 16.4. The van der Waals surface area contributed by atoms with Crippen molar-refractivity contribution >= 4 is 11.7 Å². The molecule has 0 aromatic rings. The normalized spacial score (nSPS) is 9.12. The van der Waals surface area contributed by atoms with E-state index >= 15 is 0 Å². The van der Waals surface area contributed by atoms with Gasteiger partial charge >= 0.3 is 0 Å². The molecule has 0 aromatic heterocycles. The van der Waals surface area contributed by atoms with Gasteiger partial charge in [-0.3, -0.25) is 4.79 Å². The van der Waals surface area contributed by atoms with Gasteiger partial charge in [-0.1, -0.05) is 30.3 Å². The number of hydrogen-bond acceptors (Lipinski definition) is 2. The van der Waals surface area contributed by atoms with Crippen LogP contribution in [0.2, 0.25) is 0 Å². The summed E-state index contributed by atoms with van der Waals surface area (Å²) in [7, 11) is 1.94. The molecule has 0 saturated heterocycles.